The Bertz CT molecular complexity index is 828. The van der Waals surface area contributed by atoms with Gasteiger partial charge in [0.1, 0.15) is 5.76 Å². The van der Waals surface area contributed by atoms with Crippen molar-refractivity contribution in [1.29, 1.82) is 0 Å². The lowest BCUT2D eigenvalue weighted by Crippen LogP contribution is -2.33. The molecule has 1 atom stereocenters. The molecule has 0 aliphatic heterocycles. The van der Waals surface area contributed by atoms with Crippen molar-refractivity contribution in [2.75, 3.05) is 28.4 Å². The molecular formula is C20H23NO4. The molecule has 5 heteroatoms. The first-order chi connectivity index (χ1) is 12.1. The molecule has 1 aliphatic rings. The molecule has 0 saturated heterocycles. The Kier molecular flexibility index (Phi) is 4.95. The van der Waals surface area contributed by atoms with Crippen LogP contribution in [0.1, 0.15) is 12.1 Å². The molecule has 5 nitrogen and oxygen atoms in total. The van der Waals surface area contributed by atoms with Crippen molar-refractivity contribution < 1.29 is 18.9 Å². The number of ether oxygens (including phenoxy) is 4. The van der Waals surface area contributed by atoms with Crippen molar-refractivity contribution in [1.82, 2.24) is 4.98 Å². The van der Waals surface area contributed by atoms with Crippen LogP contribution in [0, 0.1) is 0 Å². The van der Waals surface area contributed by atoms with Crippen LogP contribution >= 0.6 is 0 Å². The molecule has 0 unspecified atom stereocenters. The molecule has 0 radical (unpaired) electrons. The third-order valence-electron chi connectivity index (χ3n) is 4.66. The number of hydrogen-bond acceptors (Lipinski definition) is 5. The standard InChI is InChI=1S/C20H23NO4/c1-22-15-5-8-20(25-4,9-6-15)13-17-16-12-19(24-3)18(23-2)11-14(16)7-10-21-17/h5-8,10-12H,9,13H2,1-4H3/t20-/m1/s1. The van der Waals surface area contributed by atoms with Gasteiger partial charge >= 0.3 is 0 Å². The van der Waals surface area contributed by atoms with E-state index in [2.05, 4.69) is 4.98 Å². The maximum atomic E-state index is 5.84. The zero-order valence-electron chi connectivity index (χ0n) is 15.0. The van der Waals surface area contributed by atoms with Crippen molar-refractivity contribution >= 4 is 10.8 Å². The fraction of sp³-hybridized carbons (Fsp3) is 0.350. The summed E-state index contributed by atoms with van der Waals surface area (Å²) in [6, 6.07) is 5.92. The fourth-order valence-electron chi connectivity index (χ4n) is 3.13. The Morgan fingerprint density at radius 2 is 1.80 bits per heavy atom. The molecule has 0 bridgehead atoms. The highest BCUT2D eigenvalue weighted by atomic mass is 16.5. The molecule has 132 valence electrons. The van der Waals surface area contributed by atoms with Crippen LogP contribution in [0.25, 0.3) is 10.8 Å². The zero-order valence-corrected chi connectivity index (χ0v) is 15.0. The van der Waals surface area contributed by atoms with Crippen molar-refractivity contribution in [2.24, 2.45) is 0 Å². The van der Waals surface area contributed by atoms with Crippen molar-refractivity contribution in [3.8, 4) is 11.5 Å². The highest BCUT2D eigenvalue weighted by Crippen LogP contribution is 2.35. The van der Waals surface area contributed by atoms with Crippen LogP contribution in [0.15, 0.2) is 48.4 Å². The normalized spacial score (nSPS) is 19.6. The average Bonchev–Trinajstić information content (AvgIpc) is 2.67. The number of hydrogen-bond donors (Lipinski definition) is 0. The maximum Gasteiger partial charge on any atom is 0.161 e. The summed E-state index contributed by atoms with van der Waals surface area (Å²) in [5, 5.41) is 2.09. The molecule has 0 amide bonds. The van der Waals surface area contributed by atoms with Gasteiger partial charge < -0.3 is 18.9 Å². The van der Waals surface area contributed by atoms with Crippen LogP contribution in [-0.2, 0) is 15.9 Å². The molecule has 0 spiro atoms. The van der Waals surface area contributed by atoms with Gasteiger partial charge in [-0.05, 0) is 41.8 Å². The molecule has 1 aromatic carbocycles. The van der Waals surface area contributed by atoms with Crippen LogP contribution in [0.4, 0.5) is 0 Å². The van der Waals surface area contributed by atoms with E-state index in [4.69, 9.17) is 18.9 Å². The van der Waals surface area contributed by atoms with E-state index in [9.17, 15) is 0 Å². The molecule has 0 fully saturated rings. The van der Waals surface area contributed by atoms with Crippen LogP contribution in [0.5, 0.6) is 11.5 Å². The van der Waals surface area contributed by atoms with E-state index in [1.165, 1.54) is 0 Å². The van der Waals surface area contributed by atoms with Crippen LogP contribution in [0.3, 0.4) is 0 Å². The Hall–Kier alpha value is -2.53. The third kappa shape index (κ3) is 3.33. The minimum absolute atomic E-state index is 0.434. The summed E-state index contributed by atoms with van der Waals surface area (Å²) in [6.07, 6.45) is 9.23. The van der Waals surface area contributed by atoms with E-state index >= 15 is 0 Å². The van der Waals surface area contributed by atoms with E-state index in [0.29, 0.717) is 17.9 Å². The Morgan fingerprint density at radius 3 is 2.40 bits per heavy atom. The second kappa shape index (κ2) is 7.15. The zero-order chi connectivity index (χ0) is 17.9. The predicted octanol–water partition coefficient (Wildman–Crippen LogP) is 3.67. The number of fused-ring (bicyclic) bond motifs is 1. The summed E-state index contributed by atoms with van der Waals surface area (Å²) in [5.74, 6) is 2.25. The minimum Gasteiger partial charge on any atom is -0.497 e. The summed E-state index contributed by atoms with van der Waals surface area (Å²) in [7, 11) is 6.67. The second-order valence-corrected chi connectivity index (χ2v) is 5.98. The Balaban J connectivity index is 2.01. The second-order valence-electron chi connectivity index (χ2n) is 5.98. The van der Waals surface area contributed by atoms with E-state index < -0.39 is 5.60 Å². The lowest BCUT2D eigenvalue weighted by molar-refractivity contribution is 0.0319. The molecular weight excluding hydrogens is 318 g/mol. The monoisotopic (exact) mass is 341 g/mol. The number of allylic oxidation sites excluding steroid dienone is 1. The average molecular weight is 341 g/mol. The third-order valence-corrected chi connectivity index (χ3v) is 4.66. The molecule has 0 N–H and O–H groups in total. The fourth-order valence-corrected chi connectivity index (χ4v) is 3.13. The van der Waals surface area contributed by atoms with Gasteiger partial charge in [0.05, 0.1) is 32.6 Å². The van der Waals surface area contributed by atoms with Gasteiger partial charge in [0, 0.05) is 31.5 Å². The van der Waals surface area contributed by atoms with Gasteiger partial charge in [0.15, 0.2) is 11.5 Å². The highest BCUT2D eigenvalue weighted by molar-refractivity contribution is 5.88. The summed E-state index contributed by atoms with van der Waals surface area (Å²) in [6.45, 7) is 0. The van der Waals surface area contributed by atoms with Gasteiger partial charge in [0.2, 0.25) is 0 Å². The summed E-state index contributed by atoms with van der Waals surface area (Å²) < 4.78 is 22.0. The number of benzene rings is 1. The van der Waals surface area contributed by atoms with Gasteiger partial charge in [-0.2, -0.15) is 0 Å². The van der Waals surface area contributed by atoms with Gasteiger partial charge in [-0.25, -0.2) is 0 Å². The highest BCUT2D eigenvalue weighted by Gasteiger charge is 2.30. The number of aromatic nitrogens is 1. The molecule has 25 heavy (non-hydrogen) atoms. The topological polar surface area (TPSA) is 49.8 Å². The smallest absolute Gasteiger partial charge is 0.161 e. The molecule has 1 heterocycles. The number of rotatable bonds is 6. The first-order valence-corrected chi connectivity index (χ1v) is 8.13. The van der Waals surface area contributed by atoms with Gasteiger partial charge in [0.25, 0.3) is 0 Å². The van der Waals surface area contributed by atoms with E-state index in [-0.39, 0.29) is 0 Å². The SMILES string of the molecule is COC1=CC[C@](Cc2nccc3cc(OC)c(OC)cc23)(OC)C=C1. The predicted molar refractivity (Wildman–Crippen MR) is 97.1 cm³/mol. The molecule has 2 aromatic rings. The number of pyridine rings is 1. The summed E-state index contributed by atoms with van der Waals surface area (Å²) >= 11 is 0. The molecule has 1 aromatic heterocycles. The lowest BCUT2D eigenvalue weighted by Gasteiger charge is -2.31. The van der Waals surface area contributed by atoms with E-state index in [1.54, 1.807) is 28.4 Å². The van der Waals surface area contributed by atoms with Gasteiger partial charge in [-0.3, -0.25) is 4.98 Å². The van der Waals surface area contributed by atoms with Crippen LogP contribution < -0.4 is 9.47 Å². The summed E-state index contributed by atoms with van der Waals surface area (Å²) in [5.41, 5.74) is 0.524. The Morgan fingerprint density at radius 1 is 1.04 bits per heavy atom. The Labute approximate surface area is 147 Å². The van der Waals surface area contributed by atoms with Gasteiger partial charge in [-0.1, -0.05) is 0 Å². The maximum absolute atomic E-state index is 5.84. The lowest BCUT2D eigenvalue weighted by atomic mass is 9.88. The first kappa shape index (κ1) is 17.3. The first-order valence-electron chi connectivity index (χ1n) is 8.13. The largest absolute Gasteiger partial charge is 0.497 e. The van der Waals surface area contributed by atoms with Crippen molar-refractivity contribution in [2.45, 2.75) is 18.4 Å². The molecule has 1 aliphatic carbocycles. The van der Waals surface area contributed by atoms with Crippen molar-refractivity contribution in [3.05, 3.63) is 54.1 Å². The van der Waals surface area contributed by atoms with Crippen LogP contribution in [0.2, 0.25) is 0 Å². The number of nitrogens with zero attached hydrogens (tertiary/aromatic N) is 1. The van der Waals surface area contributed by atoms with Gasteiger partial charge in [-0.15, -0.1) is 0 Å². The molecule has 0 saturated carbocycles. The molecule has 3 rings (SSSR count). The van der Waals surface area contributed by atoms with Crippen molar-refractivity contribution in [3.63, 3.8) is 0 Å². The summed E-state index contributed by atoms with van der Waals surface area (Å²) in [4.78, 5) is 4.60. The van der Waals surface area contributed by atoms with E-state index in [1.807, 2.05) is 42.6 Å². The number of methoxy groups -OCH3 is 4. The van der Waals surface area contributed by atoms with E-state index in [0.717, 1.165) is 28.6 Å². The minimum atomic E-state index is -0.434. The quantitative estimate of drug-likeness (QED) is 0.802. The van der Waals surface area contributed by atoms with Crippen LogP contribution in [-0.4, -0.2) is 39.0 Å².